The van der Waals surface area contributed by atoms with Gasteiger partial charge in [-0.3, -0.25) is 10.1 Å². The zero-order valence-electron chi connectivity index (χ0n) is 14.7. The van der Waals surface area contributed by atoms with E-state index in [9.17, 15) is 15.2 Å². The number of hydrogen-bond donors (Lipinski definition) is 3. The standard InChI is InChI=1S/C19H21N3O4/c1-12-3-4-15-13(11-21-16(15)7-12)5-6-20-10-14-8-19(26-2)18(23)9-17(14)22(24)25/h3-4,7-9,11,20-21,23H,5-6,10H2,1-2H3. The summed E-state index contributed by atoms with van der Waals surface area (Å²) in [5, 5.41) is 25.3. The largest absolute Gasteiger partial charge is 0.504 e. The van der Waals surface area contributed by atoms with E-state index in [1.165, 1.54) is 29.7 Å². The van der Waals surface area contributed by atoms with Crippen molar-refractivity contribution in [2.24, 2.45) is 0 Å². The predicted molar refractivity (Wildman–Crippen MR) is 99.8 cm³/mol. The Morgan fingerprint density at radius 1 is 1.27 bits per heavy atom. The van der Waals surface area contributed by atoms with Crippen LogP contribution in [0.15, 0.2) is 36.5 Å². The van der Waals surface area contributed by atoms with Crippen LogP contribution in [0.1, 0.15) is 16.7 Å². The zero-order valence-corrected chi connectivity index (χ0v) is 14.7. The summed E-state index contributed by atoms with van der Waals surface area (Å²) in [5.41, 5.74) is 3.86. The number of aromatic nitrogens is 1. The van der Waals surface area contributed by atoms with E-state index in [1.54, 1.807) is 0 Å². The van der Waals surface area contributed by atoms with Crippen molar-refractivity contribution in [3.63, 3.8) is 0 Å². The number of nitro benzene ring substituents is 1. The number of rotatable bonds is 7. The molecule has 0 aliphatic carbocycles. The molecule has 0 unspecified atom stereocenters. The number of methoxy groups -OCH3 is 1. The molecule has 0 saturated carbocycles. The van der Waals surface area contributed by atoms with Crippen LogP contribution in [0.2, 0.25) is 0 Å². The van der Waals surface area contributed by atoms with Crippen LogP contribution >= 0.6 is 0 Å². The van der Waals surface area contributed by atoms with Crippen molar-refractivity contribution in [3.05, 3.63) is 63.3 Å². The van der Waals surface area contributed by atoms with Crippen LogP contribution in [0, 0.1) is 17.0 Å². The quantitative estimate of drug-likeness (QED) is 0.342. The summed E-state index contributed by atoms with van der Waals surface area (Å²) in [5.74, 6) is -0.0172. The molecule has 0 bridgehead atoms. The Hall–Kier alpha value is -3.06. The normalized spacial score (nSPS) is 11.0. The number of ether oxygens (including phenoxy) is 1. The Balaban J connectivity index is 1.67. The van der Waals surface area contributed by atoms with E-state index in [-0.39, 0.29) is 17.2 Å². The lowest BCUT2D eigenvalue weighted by atomic mass is 10.1. The van der Waals surface area contributed by atoms with Gasteiger partial charge in [-0.15, -0.1) is 0 Å². The van der Waals surface area contributed by atoms with Gasteiger partial charge in [-0.25, -0.2) is 0 Å². The molecule has 3 N–H and O–H groups in total. The maximum Gasteiger partial charge on any atom is 0.277 e. The van der Waals surface area contributed by atoms with Crippen molar-refractivity contribution in [2.75, 3.05) is 13.7 Å². The highest BCUT2D eigenvalue weighted by Gasteiger charge is 2.18. The van der Waals surface area contributed by atoms with Gasteiger partial charge in [0.2, 0.25) is 0 Å². The number of fused-ring (bicyclic) bond motifs is 1. The molecule has 0 radical (unpaired) electrons. The van der Waals surface area contributed by atoms with E-state index in [1.807, 2.05) is 6.20 Å². The molecule has 3 aromatic rings. The predicted octanol–water partition coefficient (Wildman–Crippen LogP) is 3.43. The number of nitro groups is 1. The Morgan fingerprint density at radius 3 is 2.81 bits per heavy atom. The first-order valence-electron chi connectivity index (χ1n) is 8.31. The molecule has 0 spiro atoms. The molecule has 2 aromatic carbocycles. The van der Waals surface area contributed by atoms with Crippen LogP contribution < -0.4 is 10.1 Å². The van der Waals surface area contributed by atoms with Gasteiger partial charge in [0, 0.05) is 29.2 Å². The number of aromatic hydroxyl groups is 1. The summed E-state index contributed by atoms with van der Waals surface area (Å²) in [6.07, 6.45) is 2.80. The first-order chi connectivity index (χ1) is 12.5. The number of phenolic OH excluding ortho intramolecular Hbond substituents is 1. The fraction of sp³-hybridized carbons (Fsp3) is 0.263. The minimum atomic E-state index is -0.502. The Labute approximate surface area is 150 Å². The van der Waals surface area contributed by atoms with Crippen LogP contribution in [0.5, 0.6) is 11.5 Å². The van der Waals surface area contributed by atoms with Gasteiger partial charge in [0.25, 0.3) is 5.69 Å². The van der Waals surface area contributed by atoms with Gasteiger partial charge in [-0.1, -0.05) is 12.1 Å². The third-order valence-corrected chi connectivity index (χ3v) is 4.39. The number of phenols is 1. The molecule has 1 heterocycles. The maximum atomic E-state index is 11.2. The van der Waals surface area contributed by atoms with Gasteiger partial charge in [-0.2, -0.15) is 0 Å². The summed E-state index contributed by atoms with van der Waals surface area (Å²) in [6, 6.07) is 8.91. The molecule has 0 saturated heterocycles. The van der Waals surface area contributed by atoms with Gasteiger partial charge >= 0.3 is 0 Å². The lowest BCUT2D eigenvalue weighted by Gasteiger charge is -2.09. The molecule has 136 valence electrons. The van der Waals surface area contributed by atoms with Gasteiger partial charge in [-0.05, 0) is 43.1 Å². The molecule has 1 aromatic heterocycles. The van der Waals surface area contributed by atoms with Crippen molar-refractivity contribution in [1.82, 2.24) is 10.3 Å². The number of nitrogens with zero attached hydrogens (tertiary/aromatic N) is 1. The highest BCUT2D eigenvalue weighted by atomic mass is 16.6. The van der Waals surface area contributed by atoms with Crippen molar-refractivity contribution in [1.29, 1.82) is 0 Å². The molecule has 0 aliphatic heterocycles. The average molecular weight is 355 g/mol. The molecule has 0 atom stereocenters. The number of aryl methyl sites for hydroxylation is 1. The molecule has 7 nitrogen and oxygen atoms in total. The summed E-state index contributed by atoms with van der Waals surface area (Å²) >= 11 is 0. The molecule has 7 heteroatoms. The lowest BCUT2D eigenvalue weighted by molar-refractivity contribution is -0.385. The number of hydrogen-bond acceptors (Lipinski definition) is 5. The topological polar surface area (TPSA) is 100 Å². The highest BCUT2D eigenvalue weighted by molar-refractivity contribution is 5.83. The van der Waals surface area contributed by atoms with Crippen molar-refractivity contribution in [2.45, 2.75) is 19.9 Å². The maximum absolute atomic E-state index is 11.2. The fourth-order valence-electron chi connectivity index (χ4n) is 3.03. The SMILES string of the molecule is COc1cc(CNCCc2c[nH]c3cc(C)ccc23)c([N+](=O)[O-])cc1O. The Kier molecular flexibility index (Phi) is 5.09. The zero-order chi connectivity index (χ0) is 18.7. The molecule has 3 rings (SSSR count). The Morgan fingerprint density at radius 2 is 2.08 bits per heavy atom. The van der Waals surface area contributed by atoms with Crippen LogP contribution in [-0.2, 0) is 13.0 Å². The first-order valence-corrected chi connectivity index (χ1v) is 8.31. The first kappa shape index (κ1) is 17.8. The second-order valence-electron chi connectivity index (χ2n) is 6.20. The van der Waals surface area contributed by atoms with E-state index in [4.69, 9.17) is 4.74 Å². The number of nitrogens with one attached hydrogen (secondary N) is 2. The summed E-state index contributed by atoms with van der Waals surface area (Å²) < 4.78 is 5.04. The monoisotopic (exact) mass is 355 g/mol. The van der Waals surface area contributed by atoms with Crippen LogP contribution in [0.3, 0.4) is 0 Å². The van der Waals surface area contributed by atoms with Crippen LogP contribution in [-0.4, -0.2) is 28.7 Å². The van der Waals surface area contributed by atoms with E-state index in [0.29, 0.717) is 18.7 Å². The second kappa shape index (κ2) is 7.45. The van der Waals surface area contributed by atoms with Crippen LogP contribution in [0.25, 0.3) is 10.9 Å². The van der Waals surface area contributed by atoms with E-state index < -0.39 is 4.92 Å². The number of aromatic amines is 1. The van der Waals surface area contributed by atoms with E-state index in [0.717, 1.165) is 18.0 Å². The number of benzene rings is 2. The van der Waals surface area contributed by atoms with Gasteiger partial charge in [0.05, 0.1) is 18.1 Å². The molecular weight excluding hydrogens is 334 g/mol. The third kappa shape index (κ3) is 3.62. The molecular formula is C19H21N3O4. The lowest BCUT2D eigenvalue weighted by Crippen LogP contribution is -2.17. The van der Waals surface area contributed by atoms with Crippen molar-refractivity contribution < 1.29 is 14.8 Å². The smallest absolute Gasteiger partial charge is 0.277 e. The fourth-order valence-corrected chi connectivity index (χ4v) is 3.03. The molecule has 26 heavy (non-hydrogen) atoms. The van der Waals surface area contributed by atoms with E-state index in [2.05, 4.69) is 35.4 Å². The second-order valence-corrected chi connectivity index (χ2v) is 6.20. The van der Waals surface area contributed by atoms with Crippen LogP contribution in [0.4, 0.5) is 5.69 Å². The Bertz CT molecular complexity index is 949. The third-order valence-electron chi connectivity index (χ3n) is 4.39. The van der Waals surface area contributed by atoms with E-state index >= 15 is 0 Å². The molecule has 0 amide bonds. The minimum Gasteiger partial charge on any atom is -0.504 e. The molecule has 0 fully saturated rings. The van der Waals surface area contributed by atoms with Gasteiger partial charge < -0.3 is 20.1 Å². The highest BCUT2D eigenvalue weighted by Crippen LogP contribution is 2.33. The van der Waals surface area contributed by atoms with Crippen molar-refractivity contribution >= 4 is 16.6 Å². The number of H-pyrrole nitrogens is 1. The molecule has 0 aliphatic rings. The van der Waals surface area contributed by atoms with Crippen molar-refractivity contribution in [3.8, 4) is 11.5 Å². The van der Waals surface area contributed by atoms with Gasteiger partial charge in [0.1, 0.15) is 0 Å². The average Bonchev–Trinajstić information content (AvgIpc) is 3.01. The summed E-state index contributed by atoms with van der Waals surface area (Å²) in [4.78, 5) is 14.0. The van der Waals surface area contributed by atoms with Gasteiger partial charge in [0.15, 0.2) is 11.5 Å². The summed E-state index contributed by atoms with van der Waals surface area (Å²) in [6.45, 7) is 3.04. The minimum absolute atomic E-state index is 0.127. The summed E-state index contributed by atoms with van der Waals surface area (Å²) in [7, 11) is 1.41.